The molecular formula is C22H26N4O. The summed E-state index contributed by atoms with van der Waals surface area (Å²) in [6.07, 6.45) is 3.74. The number of hydrogen-bond donors (Lipinski definition) is 1. The van der Waals surface area contributed by atoms with Crippen molar-refractivity contribution in [1.82, 2.24) is 19.9 Å². The Morgan fingerprint density at radius 3 is 2.59 bits per heavy atom. The molecule has 2 aromatic carbocycles. The molecule has 27 heavy (non-hydrogen) atoms. The zero-order valence-electron chi connectivity index (χ0n) is 15.7. The molecule has 1 N–H and O–H groups in total. The van der Waals surface area contributed by atoms with E-state index in [1.54, 1.807) is 0 Å². The second-order valence-electron chi connectivity index (χ2n) is 7.43. The second kappa shape index (κ2) is 8.03. The van der Waals surface area contributed by atoms with Crippen molar-refractivity contribution in [1.29, 1.82) is 0 Å². The molecule has 0 aliphatic carbocycles. The van der Waals surface area contributed by atoms with Crippen LogP contribution in [0.2, 0.25) is 0 Å². The Morgan fingerprint density at radius 1 is 1.07 bits per heavy atom. The number of aromatic nitrogens is 3. The highest BCUT2D eigenvalue weighted by Gasteiger charge is 2.24. The van der Waals surface area contributed by atoms with Crippen molar-refractivity contribution in [2.24, 2.45) is 0 Å². The maximum Gasteiger partial charge on any atom is 0.0916 e. The predicted molar refractivity (Wildman–Crippen MR) is 106 cm³/mol. The van der Waals surface area contributed by atoms with E-state index >= 15 is 0 Å². The molecule has 0 amide bonds. The maximum absolute atomic E-state index is 10.4. The summed E-state index contributed by atoms with van der Waals surface area (Å²) in [6.45, 7) is 4.73. The molecule has 140 valence electrons. The fourth-order valence-corrected chi connectivity index (χ4v) is 3.80. The summed E-state index contributed by atoms with van der Waals surface area (Å²) >= 11 is 0. The fourth-order valence-electron chi connectivity index (χ4n) is 3.80. The lowest BCUT2D eigenvalue weighted by Gasteiger charge is -2.32. The molecule has 0 spiro atoms. The summed E-state index contributed by atoms with van der Waals surface area (Å²) in [6, 6.07) is 18.2. The molecule has 5 nitrogen and oxygen atoms in total. The number of benzene rings is 2. The third-order valence-electron chi connectivity index (χ3n) is 5.40. The van der Waals surface area contributed by atoms with Crippen molar-refractivity contribution in [3.8, 4) is 5.69 Å². The van der Waals surface area contributed by atoms with Crippen molar-refractivity contribution in [3.05, 3.63) is 77.6 Å². The van der Waals surface area contributed by atoms with E-state index in [1.807, 2.05) is 41.1 Å². The molecule has 1 fully saturated rings. The molecule has 1 saturated heterocycles. The van der Waals surface area contributed by atoms with Crippen LogP contribution in [0.1, 0.15) is 41.7 Å². The number of hydrogen-bond acceptors (Lipinski definition) is 4. The first-order valence-corrected chi connectivity index (χ1v) is 9.64. The van der Waals surface area contributed by atoms with Crippen LogP contribution in [0, 0.1) is 6.92 Å². The van der Waals surface area contributed by atoms with Crippen LogP contribution in [0.15, 0.2) is 60.8 Å². The normalized spacial score (nSPS) is 17.1. The fraction of sp³-hybridized carbons (Fsp3) is 0.364. The topological polar surface area (TPSA) is 54.2 Å². The largest absolute Gasteiger partial charge is 0.387 e. The Balaban J connectivity index is 1.34. The standard InChI is InChI=1S/C22H26N4O/c1-17-6-5-9-20(14-17)26-15-21(23-24-26)18-10-12-25(13-11-18)16-22(27)19-7-3-2-4-8-19/h2-9,14-15,18,22,27H,10-13,16H2,1H3. The van der Waals surface area contributed by atoms with E-state index < -0.39 is 6.10 Å². The van der Waals surface area contributed by atoms with Gasteiger partial charge in [0.05, 0.1) is 23.7 Å². The highest BCUT2D eigenvalue weighted by atomic mass is 16.3. The number of piperidine rings is 1. The van der Waals surface area contributed by atoms with Crippen LogP contribution in [-0.2, 0) is 0 Å². The van der Waals surface area contributed by atoms with Gasteiger partial charge in [-0.15, -0.1) is 5.10 Å². The monoisotopic (exact) mass is 362 g/mol. The van der Waals surface area contributed by atoms with Crippen molar-refractivity contribution in [2.75, 3.05) is 19.6 Å². The minimum Gasteiger partial charge on any atom is -0.387 e. The smallest absolute Gasteiger partial charge is 0.0916 e. The highest BCUT2D eigenvalue weighted by Crippen LogP contribution is 2.28. The van der Waals surface area contributed by atoms with E-state index in [-0.39, 0.29) is 0 Å². The Bertz CT molecular complexity index is 869. The number of β-amino-alcohol motifs (C(OH)–C–C–N with tert-alkyl or cyclic N) is 1. The summed E-state index contributed by atoms with van der Waals surface area (Å²) in [5.74, 6) is 0.439. The number of rotatable bonds is 5. The number of aliphatic hydroxyl groups is 1. The Hall–Kier alpha value is -2.50. The molecule has 1 aromatic heterocycles. The lowest BCUT2D eigenvalue weighted by atomic mass is 9.93. The first kappa shape index (κ1) is 17.9. The van der Waals surface area contributed by atoms with E-state index in [2.05, 4.69) is 46.5 Å². The van der Waals surface area contributed by atoms with Gasteiger partial charge in [0, 0.05) is 12.5 Å². The zero-order chi connectivity index (χ0) is 18.6. The van der Waals surface area contributed by atoms with Crippen LogP contribution < -0.4 is 0 Å². The Labute approximate surface area is 160 Å². The van der Waals surface area contributed by atoms with Gasteiger partial charge < -0.3 is 10.0 Å². The van der Waals surface area contributed by atoms with Crippen LogP contribution in [0.4, 0.5) is 0 Å². The minimum atomic E-state index is -0.426. The Morgan fingerprint density at radius 2 is 1.85 bits per heavy atom. The van der Waals surface area contributed by atoms with E-state index in [0.29, 0.717) is 12.5 Å². The Kier molecular flexibility index (Phi) is 5.32. The summed E-state index contributed by atoms with van der Waals surface area (Å²) in [4.78, 5) is 2.35. The molecular weight excluding hydrogens is 336 g/mol. The molecule has 1 aliphatic heterocycles. The summed E-state index contributed by atoms with van der Waals surface area (Å²) in [5.41, 5.74) is 4.33. The summed E-state index contributed by atoms with van der Waals surface area (Å²) in [7, 11) is 0. The first-order chi connectivity index (χ1) is 13.2. The molecule has 0 saturated carbocycles. The highest BCUT2D eigenvalue weighted by molar-refractivity contribution is 5.34. The third-order valence-corrected chi connectivity index (χ3v) is 5.40. The minimum absolute atomic E-state index is 0.426. The molecule has 5 heteroatoms. The van der Waals surface area contributed by atoms with Crippen LogP contribution in [0.25, 0.3) is 5.69 Å². The van der Waals surface area contributed by atoms with Crippen molar-refractivity contribution >= 4 is 0 Å². The van der Waals surface area contributed by atoms with Gasteiger partial charge in [-0.3, -0.25) is 0 Å². The van der Waals surface area contributed by atoms with Gasteiger partial charge in [0.2, 0.25) is 0 Å². The quantitative estimate of drug-likeness (QED) is 0.755. The first-order valence-electron chi connectivity index (χ1n) is 9.64. The van der Waals surface area contributed by atoms with Crippen molar-refractivity contribution < 1.29 is 5.11 Å². The van der Waals surface area contributed by atoms with Gasteiger partial charge in [0.25, 0.3) is 0 Å². The lowest BCUT2D eigenvalue weighted by Crippen LogP contribution is -2.36. The maximum atomic E-state index is 10.4. The van der Waals surface area contributed by atoms with Crippen LogP contribution in [0.5, 0.6) is 0 Å². The molecule has 0 radical (unpaired) electrons. The summed E-state index contributed by atoms with van der Waals surface area (Å²) in [5, 5.41) is 19.2. The number of aryl methyl sites for hydroxylation is 1. The lowest BCUT2D eigenvalue weighted by molar-refractivity contribution is 0.0969. The molecule has 1 atom stereocenters. The molecule has 3 aromatic rings. The number of aliphatic hydroxyl groups excluding tert-OH is 1. The zero-order valence-corrected chi connectivity index (χ0v) is 15.7. The average Bonchev–Trinajstić information content (AvgIpc) is 3.19. The van der Waals surface area contributed by atoms with Gasteiger partial charge in [-0.25, -0.2) is 4.68 Å². The number of nitrogens with zero attached hydrogens (tertiary/aromatic N) is 4. The SMILES string of the molecule is Cc1cccc(-n2cc(C3CCN(CC(O)c4ccccc4)CC3)nn2)c1. The molecule has 2 heterocycles. The predicted octanol–water partition coefficient (Wildman–Crippen LogP) is 3.49. The van der Waals surface area contributed by atoms with Crippen molar-refractivity contribution in [2.45, 2.75) is 31.8 Å². The van der Waals surface area contributed by atoms with E-state index in [0.717, 1.165) is 42.9 Å². The third kappa shape index (κ3) is 4.26. The molecule has 1 aliphatic rings. The number of likely N-dealkylation sites (tertiary alicyclic amines) is 1. The van der Waals surface area contributed by atoms with Gasteiger partial charge >= 0.3 is 0 Å². The van der Waals surface area contributed by atoms with Gasteiger partial charge in [0.1, 0.15) is 0 Å². The van der Waals surface area contributed by atoms with E-state index in [9.17, 15) is 5.11 Å². The van der Waals surface area contributed by atoms with Crippen LogP contribution in [-0.4, -0.2) is 44.6 Å². The van der Waals surface area contributed by atoms with E-state index in [1.165, 1.54) is 5.56 Å². The van der Waals surface area contributed by atoms with Gasteiger partial charge in [0.15, 0.2) is 0 Å². The average molecular weight is 362 g/mol. The summed E-state index contributed by atoms with van der Waals surface area (Å²) < 4.78 is 1.87. The van der Waals surface area contributed by atoms with Gasteiger partial charge in [-0.05, 0) is 56.1 Å². The van der Waals surface area contributed by atoms with Crippen LogP contribution >= 0.6 is 0 Å². The van der Waals surface area contributed by atoms with Crippen molar-refractivity contribution in [3.63, 3.8) is 0 Å². The van der Waals surface area contributed by atoms with Crippen LogP contribution in [0.3, 0.4) is 0 Å². The van der Waals surface area contributed by atoms with Gasteiger partial charge in [-0.1, -0.05) is 47.7 Å². The molecule has 1 unspecified atom stereocenters. The molecule has 4 rings (SSSR count). The van der Waals surface area contributed by atoms with Gasteiger partial charge in [-0.2, -0.15) is 0 Å². The molecule has 0 bridgehead atoms. The van der Waals surface area contributed by atoms with E-state index in [4.69, 9.17) is 0 Å². The second-order valence-corrected chi connectivity index (χ2v) is 7.43.